The number of benzene rings is 1. The van der Waals surface area contributed by atoms with Gasteiger partial charge in [-0.3, -0.25) is 4.90 Å². The zero-order valence-electron chi connectivity index (χ0n) is 14.3. The van der Waals surface area contributed by atoms with Gasteiger partial charge in [-0.2, -0.15) is 0 Å². The number of hydrogen-bond donors (Lipinski definition) is 2. The number of nitrogens with one attached hydrogen (secondary N) is 1. The van der Waals surface area contributed by atoms with Gasteiger partial charge in [-0.1, -0.05) is 12.1 Å². The highest BCUT2D eigenvalue weighted by atomic mass is 19.4. The standard InChI is InChI=1S/C18H23F3N2O3/c19-18(20,21)26-14-5-3-4-12(10-14)13-6-7-15(22-17(24)25)16(11-13)23-8-1-2-9-23/h3-5,10,13,15-16,22H,1-2,6-9,11H2,(H,24,25)/t13-,15-,16-/m0/s1. The summed E-state index contributed by atoms with van der Waals surface area (Å²) in [4.78, 5) is 13.4. The number of halogens is 3. The Morgan fingerprint density at radius 3 is 2.62 bits per heavy atom. The van der Waals surface area contributed by atoms with Crippen molar-refractivity contribution in [2.45, 2.75) is 56.5 Å². The fourth-order valence-electron chi connectivity index (χ4n) is 4.22. The van der Waals surface area contributed by atoms with Crippen molar-refractivity contribution in [3.05, 3.63) is 29.8 Å². The van der Waals surface area contributed by atoms with Gasteiger partial charge in [0.25, 0.3) is 0 Å². The number of likely N-dealkylation sites (tertiary alicyclic amines) is 1. The summed E-state index contributed by atoms with van der Waals surface area (Å²) in [7, 11) is 0. The Bertz CT molecular complexity index is 632. The second kappa shape index (κ2) is 7.73. The van der Waals surface area contributed by atoms with E-state index in [2.05, 4.69) is 15.0 Å². The van der Waals surface area contributed by atoms with Gasteiger partial charge in [0.2, 0.25) is 0 Å². The normalized spacial score (nSPS) is 27.3. The minimum absolute atomic E-state index is 0.0690. The lowest BCUT2D eigenvalue weighted by atomic mass is 9.78. The number of nitrogens with zero attached hydrogens (tertiary/aromatic N) is 1. The van der Waals surface area contributed by atoms with Crippen molar-refractivity contribution >= 4 is 6.09 Å². The topological polar surface area (TPSA) is 61.8 Å². The Morgan fingerprint density at radius 2 is 1.96 bits per heavy atom. The van der Waals surface area contributed by atoms with Crippen LogP contribution in [0.3, 0.4) is 0 Å². The molecule has 1 amide bonds. The molecule has 2 N–H and O–H groups in total. The summed E-state index contributed by atoms with van der Waals surface area (Å²) in [5.74, 6) is -0.122. The summed E-state index contributed by atoms with van der Waals surface area (Å²) in [5.41, 5.74) is 0.810. The molecule has 1 aliphatic carbocycles. The Kier molecular flexibility index (Phi) is 5.60. The molecule has 0 spiro atoms. The predicted octanol–water partition coefficient (Wildman–Crippen LogP) is 3.95. The number of ether oxygens (including phenoxy) is 1. The molecule has 1 heterocycles. The quantitative estimate of drug-likeness (QED) is 0.840. The van der Waals surface area contributed by atoms with Crippen LogP contribution in [0.2, 0.25) is 0 Å². The number of alkyl halides is 3. The summed E-state index contributed by atoms with van der Waals surface area (Å²) < 4.78 is 41.4. The van der Waals surface area contributed by atoms with E-state index in [1.165, 1.54) is 12.1 Å². The summed E-state index contributed by atoms with van der Waals surface area (Å²) >= 11 is 0. The van der Waals surface area contributed by atoms with Gasteiger partial charge in [0.1, 0.15) is 5.75 Å². The Hall–Kier alpha value is -1.96. The molecule has 2 fully saturated rings. The molecule has 3 atom stereocenters. The number of amides is 1. The van der Waals surface area contributed by atoms with E-state index in [-0.39, 0.29) is 23.8 Å². The third-order valence-corrected chi connectivity index (χ3v) is 5.30. The van der Waals surface area contributed by atoms with Crippen molar-refractivity contribution in [3.63, 3.8) is 0 Å². The van der Waals surface area contributed by atoms with Crippen LogP contribution in [0.25, 0.3) is 0 Å². The third-order valence-electron chi connectivity index (χ3n) is 5.30. The number of rotatable bonds is 4. The zero-order valence-corrected chi connectivity index (χ0v) is 14.3. The van der Waals surface area contributed by atoms with Gasteiger partial charge in [0, 0.05) is 12.1 Å². The Labute approximate surface area is 150 Å². The molecule has 1 saturated carbocycles. The monoisotopic (exact) mass is 372 g/mol. The fourth-order valence-corrected chi connectivity index (χ4v) is 4.22. The van der Waals surface area contributed by atoms with Crippen LogP contribution in [0.15, 0.2) is 24.3 Å². The lowest BCUT2D eigenvalue weighted by Gasteiger charge is -2.41. The Balaban J connectivity index is 1.75. The maximum atomic E-state index is 12.5. The molecule has 1 saturated heterocycles. The van der Waals surface area contributed by atoms with Crippen LogP contribution in [-0.2, 0) is 0 Å². The molecular weight excluding hydrogens is 349 g/mol. The first-order valence-corrected chi connectivity index (χ1v) is 8.91. The van der Waals surface area contributed by atoms with Crippen LogP contribution in [-0.4, -0.2) is 47.6 Å². The van der Waals surface area contributed by atoms with Gasteiger partial charge in [0.15, 0.2) is 0 Å². The SMILES string of the molecule is O=C(O)N[C@H]1CC[C@H](c2cccc(OC(F)(F)F)c2)C[C@@H]1N1CCCC1. The zero-order chi connectivity index (χ0) is 18.7. The molecule has 2 aliphatic rings. The van der Waals surface area contributed by atoms with Crippen molar-refractivity contribution in [2.75, 3.05) is 13.1 Å². The lowest BCUT2D eigenvalue weighted by Crippen LogP contribution is -2.53. The van der Waals surface area contributed by atoms with Gasteiger partial charge in [-0.15, -0.1) is 13.2 Å². The average molecular weight is 372 g/mol. The van der Waals surface area contributed by atoms with Gasteiger partial charge in [-0.05, 0) is 68.8 Å². The second-order valence-corrected chi connectivity index (χ2v) is 7.00. The maximum absolute atomic E-state index is 12.5. The van der Waals surface area contributed by atoms with Crippen LogP contribution >= 0.6 is 0 Å². The van der Waals surface area contributed by atoms with Crippen LogP contribution in [0.1, 0.15) is 43.6 Å². The summed E-state index contributed by atoms with van der Waals surface area (Å²) in [5, 5.41) is 11.7. The molecule has 3 rings (SSSR count). The summed E-state index contributed by atoms with van der Waals surface area (Å²) in [6.07, 6.45) is -1.43. The van der Waals surface area contributed by atoms with Crippen LogP contribution in [0.4, 0.5) is 18.0 Å². The number of carboxylic acid groups (broad SMARTS) is 1. The number of carbonyl (C=O) groups is 1. The van der Waals surface area contributed by atoms with E-state index < -0.39 is 12.5 Å². The minimum Gasteiger partial charge on any atom is -0.465 e. The van der Waals surface area contributed by atoms with E-state index in [1.807, 2.05) is 6.07 Å². The van der Waals surface area contributed by atoms with E-state index in [0.29, 0.717) is 6.42 Å². The highest BCUT2D eigenvalue weighted by Gasteiger charge is 2.37. The van der Waals surface area contributed by atoms with Crippen molar-refractivity contribution < 1.29 is 27.8 Å². The molecule has 0 radical (unpaired) electrons. The van der Waals surface area contributed by atoms with Gasteiger partial charge in [-0.25, -0.2) is 4.79 Å². The lowest BCUT2D eigenvalue weighted by molar-refractivity contribution is -0.274. The van der Waals surface area contributed by atoms with E-state index in [4.69, 9.17) is 5.11 Å². The Morgan fingerprint density at radius 1 is 1.23 bits per heavy atom. The first-order valence-electron chi connectivity index (χ1n) is 8.91. The number of hydrogen-bond acceptors (Lipinski definition) is 3. The molecule has 1 aromatic rings. The van der Waals surface area contributed by atoms with E-state index in [0.717, 1.165) is 44.3 Å². The van der Waals surface area contributed by atoms with E-state index in [9.17, 15) is 18.0 Å². The largest absolute Gasteiger partial charge is 0.573 e. The van der Waals surface area contributed by atoms with E-state index >= 15 is 0 Å². The van der Waals surface area contributed by atoms with Crippen molar-refractivity contribution in [1.82, 2.24) is 10.2 Å². The van der Waals surface area contributed by atoms with Gasteiger partial charge >= 0.3 is 12.5 Å². The highest BCUT2D eigenvalue weighted by molar-refractivity contribution is 5.65. The predicted molar refractivity (Wildman–Crippen MR) is 89.3 cm³/mol. The van der Waals surface area contributed by atoms with Crippen LogP contribution < -0.4 is 10.1 Å². The molecule has 26 heavy (non-hydrogen) atoms. The van der Waals surface area contributed by atoms with Gasteiger partial charge in [0.05, 0.1) is 0 Å². The minimum atomic E-state index is -4.71. The molecule has 0 bridgehead atoms. The van der Waals surface area contributed by atoms with Crippen molar-refractivity contribution in [1.29, 1.82) is 0 Å². The van der Waals surface area contributed by atoms with Gasteiger partial charge < -0.3 is 15.2 Å². The third kappa shape index (κ3) is 4.81. The molecule has 144 valence electrons. The molecule has 1 aromatic carbocycles. The average Bonchev–Trinajstić information content (AvgIpc) is 3.07. The van der Waals surface area contributed by atoms with Crippen molar-refractivity contribution in [2.24, 2.45) is 0 Å². The van der Waals surface area contributed by atoms with Crippen LogP contribution in [0.5, 0.6) is 5.75 Å². The molecule has 8 heteroatoms. The van der Waals surface area contributed by atoms with E-state index in [1.54, 1.807) is 6.07 Å². The maximum Gasteiger partial charge on any atom is 0.573 e. The first kappa shape index (κ1) is 18.8. The summed E-state index contributed by atoms with van der Waals surface area (Å²) in [6.45, 7) is 1.87. The highest BCUT2D eigenvalue weighted by Crippen LogP contribution is 2.38. The second-order valence-electron chi connectivity index (χ2n) is 7.00. The van der Waals surface area contributed by atoms with Crippen LogP contribution in [0, 0.1) is 0 Å². The molecule has 5 nitrogen and oxygen atoms in total. The molecule has 0 aromatic heterocycles. The smallest absolute Gasteiger partial charge is 0.465 e. The first-order chi connectivity index (χ1) is 12.3. The molecule has 1 aliphatic heterocycles. The van der Waals surface area contributed by atoms with Crippen molar-refractivity contribution in [3.8, 4) is 5.75 Å². The molecular formula is C18H23F3N2O3. The fraction of sp³-hybridized carbons (Fsp3) is 0.611. The molecule has 0 unspecified atom stereocenters. The summed E-state index contributed by atoms with van der Waals surface area (Å²) in [6, 6.07) is 6.07.